The van der Waals surface area contributed by atoms with Crippen molar-refractivity contribution in [1.82, 2.24) is 0 Å². The summed E-state index contributed by atoms with van der Waals surface area (Å²) in [4.78, 5) is 12.7. The molecular formula is C32H42O16. The van der Waals surface area contributed by atoms with Crippen LogP contribution in [-0.4, -0.2) is 142 Å². The number of hydrogen-bond acceptors (Lipinski definition) is 16. The zero-order valence-corrected chi connectivity index (χ0v) is 26.3. The molecule has 0 amide bonds. The number of carbonyl (C=O) groups excluding carboxylic acids is 1. The minimum Gasteiger partial charge on any atom is -0.504 e. The first-order valence-electron chi connectivity index (χ1n) is 15.4. The predicted octanol–water partition coefficient (Wildman–Crippen LogP) is -2.01. The van der Waals surface area contributed by atoms with Gasteiger partial charge in [-0.1, -0.05) is 12.1 Å². The average Bonchev–Trinajstić information content (AvgIpc) is 3.42. The summed E-state index contributed by atoms with van der Waals surface area (Å²) in [7, 11) is 2.85. The fraction of sp³-hybridized carbons (Fsp3) is 0.594. The van der Waals surface area contributed by atoms with Gasteiger partial charge in [0.2, 0.25) is 6.29 Å². The van der Waals surface area contributed by atoms with Crippen molar-refractivity contribution in [2.75, 3.05) is 34.0 Å². The Bertz CT molecular complexity index is 1390. The first-order valence-corrected chi connectivity index (χ1v) is 15.4. The van der Waals surface area contributed by atoms with Gasteiger partial charge in [0.05, 0.1) is 40.0 Å². The Balaban J connectivity index is 1.24. The van der Waals surface area contributed by atoms with E-state index in [4.69, 9.17) is 33.2 Å². The lowest BCUT2D eigenvalue weighted by atomic mass is 9.85. The van der Waals surface area contributed by atoms with Crippen molar-refractivity contribution < 1.29 is 78.8 Å². The van der Waals surface area contributed by atoms with Crippen LogP contribution in [0, 0.1) is 11.8 Å². The van der Waals surface area contributed by atoms with E-state index in [1.165, 1.54) is 20.3 Å². The predicted molar refractivity (Wildman–Crippen MR) is 160 cm³/mol. The molecule has 0 saturated carbocycles. The summed E-state index contributed by atoms with van der Waals surface area (Å²) in [6.45, 7) is -0.952. The van der Waals surface area contributed by atoms with E-state index in [1.54, 1.807) is 30.3 Å². The van der Waals surface area contributed by atoms with Crippen LogP contribution in [0.3, 0.4) is 0 Å². The summed E-state index contributed by atoms with van der Waals surface area (Å²) >= 11 is 0. The molecule has 2 aromatic carbocycles. The molecule has 3 saturated heterocycles. The van der Waals surface area contributed by atoms with Crippen LogP contribution < -0.4 is 14.2 Å². The molecule has 5 rings (SSSR count). The van der Waals surface area contributed by atoms with E-state index in [0.29, 0.717) is 18.6 Å². The van der Waals surface area contributed by atoms with Crippen molar-refractivity contribution in [3.63, 3.8) is 0 Å². The quantitative estimate of drug-likeness (QED) is 0.113. The van der Waals surface area contributed by atoms with Crippen molar-refractivity contribution in [2.45, 2.75) is 74.3 Å². The maximum atomic E-state index is 12.7. The Labute approximate surface area is 275 Å². The highest BCUT2D eigenvalue weighted by Crippen LogP contribution is 2.36. The summed E-state index contributed by atoms with van der Waals surface area (Å²) in [6, 6.07) is 9.91. The van der Waals surface area contributed by atoms with E-state index in [1.807, 2.05) is 0 Å². The Hall–Kier alpha value is -3.29. The van der Waals surface area contributed by atoms with Crippen molar-refractivity contribution >= 4 is 5.97 Å². The van der Waals surface area contributed by atoms with Crippen molar-refractivity contribution in [1.29, 1.82) is 0 Å². The number of aliphatic hydroxyl groups is 7. The third-order valence-electron chi connectivity index (χ3n) is 8.92. The molecule has 8 N–H and O–H groups in total. The third-order valence-corrected chi connectivity index (χ3v) is 8.92. The maximum Gasteiger partial charge on any atom is 0.309 e. The fourth-order valence-corrected chi connectivity index (χ4v) is 6.07. The number of hydrogen-bond donors (Lipinski definition) is 8. The maximum absolute atomic E-state index is 12.7. The molecule has 12 atom stereocenters. The van der Waals surface area contributed by atoms with Crippen LogP contribution in [0.25, 0.3) is 0 Å². The monoisotopic (exact) mass is 682 g/mol. The molecule has 0 unspecified atom stereocenters. The topological polar surface area (TPSA) is 244 Å². The minimum atomic E-state index is -1.74. The van der Waals surface area contributed by atoms with Gasteiger partial charge in [-0.15, -0.1) is 0 Å². The minimum absolute atomic E-state index is 0.0136. The van der Waals surface area contributed by atoms with Gasteiger partial charge in [0.15, 0.2) is 29.3 Å². The van der Waals surface area contributed by atoms with Crippen molar-refractivity contribution in [2.24, 2.45) is 11.8 Å². The Morgan fingerprint density at radius 2 is 1.33 bits per heavy atom. The molecular weight excluding hydrogens is 640 g/mol. The second kappa shape index (κ2) is 15.5. The first-order chi connectivity index (χ1) is 22.9. The number of benzene rings is 2. The molecule has 266 valence electrons. The van der Waals surface area contributed by atoms with E-state index in [0.717, 1.165) is 11.1 Å². The standard InChI is InChI=1S/C32H42O16/c1-42-20-9-14(3-5-18(20)34)7-16-12-44-30(41)17(16)8-15-4-6-19(21(10-15)43-2)46-32-29(40)27(38)25(36)23(48-32)13-45-31-28(39)26(37)24(35)22(11-33)47-31/h3-6,9-10,16-17,22-29,31-40H,7-8,11-13H2,1-2H3/t16-,17+,22+,23+,24+,25+,26-,27-,28+,29+,31+,32+/m0/s1. The lowest BCUT2D eigenvalue weighted by Crippen LogP contribution is -2.62. The van der Waals surface area contributed by atoms with Crippen LogP contribution in [0.4, 0.5) is 0 Å². The number of phenols is 1. The Morgan fingerprint density at radius 3 is 2.02 bits per heavy atom. The molecule has 0 spiro atoms. The summed E-state index contributed by atoms with van der Waals surface area (Å²) in [5.41, 5.74) is 1.59. The zero-order chi connectivity index (χ0) is 34.7. The Kier molecular flexibility index (Phi) is 11.6. The fourth-order valence-electron chi connectivity index (χ4n) is 6.07. The third kappa shape index (κ3) is 7.63. The summed E-state index contributed by atoms with van der Waals surface area (Å²) in [5.74, 6) is -0.266. The van der Waals surface area contributed by atoms with Crippen LogP contribution in [0.15, 0.2) is 36.4 Å². The van der Waals surface area contributed by atoms with Crippen molar-refractivity contribution in [3.05, 3.63) is 47.5 Å². The number of aliphatic hydroxyl groups excluding tert-OH is 7. The molecule has 3 heterocycles. The molecule has 3 aliphatic heterocycles. The Morgan fingerprint density at radius 1 is 0.729 bits per heavy atom. The summed E-state index contributed by atoms with van der Waals surface area (Å²) in [5, 5.41) is 81.3. The number of rotatable bonds is 12. The molecule has 0 aromatic heterocycles. The van der Waals surface area contributed by atoms with Gasteiger partial charge < -0.3 is 74.0 Å². The molecule has 0 bridgehead atoms. The summed E-state index contributed by atoms with van der Waals surface area (Å²) < 4.78 is 38.4. The number of esters is 1. The largest absolute Gasteiger partial charge is 0.504 e. The molecule has 2 aromatic rings. The lowest BCUT2D eigenvalue weighted by molar-refractivity contribution is -0.323. The van der Waals surface area contributed by atoms with Gasteiger partial charge in [-0.05, 0) is 48.2 Å². The van der Waals surface area contributed by atoms with Gasteiger partial charge in [-0.25, -0.2) is 0 Å². The zero-order valence-electron chi connectivity index (χ0n) is 26.3. The number of methoxy groups -OCH3 is 2. The summed E-state index contributed by atoms with van der Waals surface area (Å²) in [6.07, 6.45) is -14.8. The van der Waals surface area contributed by atoms with E-state index in [-0.39, 0.29) is 35.7 Å². The van der Waals surface area contributed by atoms with E-state index in [2.05, 4.69) is 0 Å². The second-order valence-corrected chi connectivity index (χ2v) is 12.1. The van der Waals surface area contributed by atoms with Crippen molar-refractivity contribution in [3.8, 4) is 23.0 Å². The number of cyclic esters (lactones) is 1. The van der Waals surface area contributed by atoms with Crippen LogP contribution in [0.5, 0.6) is 23.0 Å². The number of ether oxygens (including phenoxy) is 7. The molecule has 0 aliphatic carbocycles. The van der Waals surface area contributed by atoms with Gasteiger partial charge in [0, 0.05) is 5.92 Å². The number of aromatic hydroxyl groups is 1. The molecule has 3 fully saturated rings. The van der Waals surface area contributed by atoms with Gasteiger partial charge in [0.25, 0.3) is 0 Å². The molecule has 48 heavy (non-hydrogen) atoms. The smallest absolute Gasteiger partial charge is 0.309 e. The van der Waals surface area contributed by atoms with Crippen LogP contribution >= 0.6 is 0 Å². The van der Waals surface area contributed by atoms with Gasteiger partial charge in [-0.3, -0.25) is 4.79 Å². The number of phenolic OH excluding ortho intramolecular Hbond substituents is 1. The average molecular weight is 683 g/mol. The van der Waals surface area contributed by atoms with Crippen LogP contribution in [-0.2, 0) is 36.6 Å². The van der Waals surface area contributed by atoms with Gasteiger partial charge in [0.1, 0.15) is 48.8 Å². The molecule has 3 aliphatic rings. The van der Waals surface area contributed by atoms with Gasteiger partial charge in [-0.2, -0.15) is 0 Å². The highest BCUT2D eigenvalue weighted by Gasteiger charge is 2.48. The van der Waals surface area contributed by atoms with Gasteiger partial charge >= 0.3 is 5.97 Å². The highest BCUT2D eigenvalue weighted by atomic mass is 16.7. The SMILES string of the molecule is COc1cc(C[C@H]2COC(=O)[C@@H]2Cc2ccc(O[C@@H]3O[C@H](CO[C@@H]4O[C@H](CO)[C@@H](O)[C@H](O)[C@H]4O)[C@@H](O)[C@H](O)[C@H]3O)c(OC)c2)ccc1O. The van der Waals surface area contributed by atoms with Crippen LogP contribution in [0.1, 0.15) is 11.1 Å². The molecule has 0 radical (unpaired) electrons. The molecule has 16 nitrogen and oxygen atoms in total. The highest BCUT2D eigenvalue weighted by molar-refractivity contribution is 5.75. The second-order valence-electron chi connectivity index (χ2n) is 12.1. The molecule has 16 heteroatoms. The van der Waals surface area contributed by atoms with E-state index in [9.17, 15) is 45.6 Å². The number of carbonyl (C=O) groups is 1. The van der Waals surface area contributed by atoms with E-state index < -0.39 is 80.5 Å². The lowest BCUT2D eigenvalue weighted by Gasteiger charge is -2.42. The first kappa shape index (κ1) is 36.0. The van der Waals surface area contributed by atoms with Crippen LogP contribution in [0.2, 0.25) is 0 Å². The normalized spacial score (nSPS) is 35.2. The van der Waals surface area contributed by atoms with E-state index >= 15 is 0 Å².